The molecule has 0 aliphatic carbocycles. The second-order valence-corrected chi connectivity index (χ2v) is 5.67. The summed E-state index contributed by atoms with van der Waals surface area (Å²) in [5.41, 5.74) is 6.95. The van der Waals surface area contributed by atoms with Crippen molar-refractivity contribution in [1.29, 1.82) is 0 Å². The summed E-state index contributed by atoms with van der Waals surface area (Å²) in [5, 5.41) is 0. The maximum Gasteiger partial charge on any atom is 0.161 e. The second-order valence-electron chi connectivity index (χ2n) is 5.67. The summed E-state index contributed by atoms with van der Waals surface area (Å²) in [6, 6.07) is 5.94. The van der Waals surface area contributed by atoms with E-state index in [0.717, 1.165) is 30.1 Å². The number of nitrogens with two attached hydrogens (primary N) is 1. The third-order valence-electron chi connectivity index (χ3n) is 3.72. The van der Waals surface area contributed by atoms with Gasteiger partial charge in [0.25, 0.3) is 0 Å². The smallest absolute Gasteiger partial charge is 0.161 e. The Kier molecular flexibility index (Phi) is 8.91. The highest BCUT2D eigenvalue weighted by molar-refractivity contribution is 5.43. The molecule has 0 aliphatic heterocycles. The molecule has 3 heteroatoms. The van der Waals surface area contributed by atoms with Crippen LogP contribution < -0.4 is 15.2 Å². The molecule has 0 bridgehead atoms. The van der Waals surface area contributed by atoms with Gasteiger partial charge in [0.2, 0.25) is 0 Å². The quantitative estimate of drug-likeness (QED) is 0.593. The Hall–Kier alpha value is -1.22. The van der Waals surface area contributed by atoms with Crippen LogP contribution in [0.3, 0.4) is 0 Å². The average Bonchev–Trinajstić information content (AvgIpc) is 2.49. The van der Waals surface area contributed by atoms with Gasteiger partial charge in [0.1, 0.15) is 0 Å². The van der Waals surface area contributed by atoms with Crippen molar-refractivity contribution in [3.05, 3.63) is 23.8 Å². The summed E-state index contributed by atoms with van der Waals surface area (Å²) in [6.45, 7) is 4.97. The monoisotopic (exact) mass is 293 g/mol. The highest BCUT2D eigenvalue weighted by Gasteiger charge is 2.07. The lowest BCUT2D eigenvalue weighted by Crippen LogP contribution is -2.06. The van der Waals surface area contributed by atoms with E-state index in [4.69, 9.17) is 15.2 Å². The normalized spacial score (nSPS) is 12.2. The standard InChI is InChI=1S/C18H31NO2/c1-4-5-6-7-8-9-10-13-21-17-12-11-16(15(2)19)14-18(17)20-3/h11-12,14-15H,4-10,13,19H2,1-3H3. The Bertz CT molecular complexity index is 391. The van der Waals surface area contributed by atoms with E-state index in [1.807, 2.05) is 25.1 Å². The van der Waals surface area contributed by atoms with Crippen LogP contribution in [0, 0.1) is 0 Å². The molecule has 1 unspecified atom stereocenters. The first-order valence-corrected chi connectivity index (χ1v) is 8.25. The van der Waals surface area contributed by atoms with Crippen LogP contribution in [0.1, 0.15) is 70.4 Å². The van der Waals surface area contributed by atoms with Gasteiger partial charge >= 0.3 is 0 Å². The van der Waals surface area contributed by atoms with E-state index >= 15 is 0 Å². The number of methoxy groups -OCH3 is 1. The molecule has 1 atom stereocenters. The van der Waals surface area contributed by atoms with Crippen LogP contribution in [-0.2, 0) is 0 Å². The van der Waals surface area contributed by atoms with Crippen molar-refractivity contribution in [1.82, 2.24) is 0 Å². The topological polar surface area (TPSA) is 44.5 Å². The van der Waals surface area contributed by atoms with Gasteiger partial charge in [-0.1, -0.05) is 51.5 Å². The van der Waals surface area contributed by atoms with E-state index in [-0.39, 0.29) is 6.04 Å². The van der Waals surface area contributed by atoms with Crippen molar-refractivity contribution in [3.8, 4) is 11.5 Å². The first kappa shape index (κ1) is 17.8. The maximum absolute atomic E-state index is 5.88. The van der Waals surface area contributed by atoms with Gasteiger partial charge in [0.15, 0.2) is 11.5 Å². The SMILES string of the molecule is CCCCCCCCCOc1ccc(C(C)N)cc1OC. The zero-order chi connectivity index (χ0) is 15.5. The van der Waals surface area contributed by atoms with E-state index in [2.05, 4.69) is 6.92 Å². The summed E-state index contributed by atoms with van der Waals surface area (Å²) < 4.78 is 11.2. The zero-order valence-corrected chi connectivity index (χ0v) is 13.9. The minimum Gasteiger partial charge on any atom is -0.493 e. The molecule has 1 rings (SSSR count). The first-order valence-electron chi connectivity index (χ1n) is 8.25. The van der Waals surface area contributed by atoms with Crippen LogP contribution in [0.2, 0.25) is 0 Å². The van der Waals surface area contributed by atoms with Crippen LogP contribution >= 0.6 is 0 Å². The van der Waals surface area contributed by atoms with Crippen molar-refractivity contribution in [2.45, 2.75) is 64.8 Å². The average molecular weight is 293 g/mol. The molecule has 0 fully saturated rings. The third-order valence-corrected chi connectivity index (χ3v) is 3.72. The molecule has 1 aromatic rings. The summed E-state index contributed by atoms with van der Waals surface area (Å²) in [7, 11) is 1.67. The van der Waals surface area contributed by atoms with Crippen molar-refractivity contribution >= 4 is 0 Å². The number of ether oxygens (including phenoxy) is 2. The maximum atomic E-state index is 5.88. The number of rotatable bonds is 11. The van der Waals surface area contributed by atoms with Gasteiger partial charge in [-0.15, -0.1) is 0 Å². The number of unbranched alkanes of at least 4 members (excludes halogenated alkanes) is 6. The first-order chi connectivity index (χ1) is 10.2. The molecule has 0 aromatic heterocycles. The van der Waals surface area contributed by atoms with Crippen LogP contribution in [0.15, 0.2) is 18.2 Å². The van der Waals surface area contributed by atoms with Gasteiger partial charge in [0, 0.05) is 6.04 Å². The lowest BCUT2D eigenvalue weighted by atomic mass is 10.1. The molecule has 0 heterocycles. The van der Waals surface area contributed by atoms with Gasteiger partial charge in [-0.2, -0.15) is 0 Å². The van der Waals surface area contributed by atoms with Gasteiger partial charge in [-0.05, 0) is 31.0 Å². The number of benzene rings is 1. The van der Waals surface area contributed by atoms with Gasteiger partial charge in [0.05, 0.1) is 13.7 Å². The Labute approximate surface area is 129 Å². The van der Waals surface area contributed by atoms with Gasteiger partial charge in [-0.3, -0.25) is 0 Å². The molecule has 2 N–H and O–H groups in total. The fourth-order valence-corrected chi connectivity index (χ4v) is 2.33. The lowest BCUT2D eigenvalue weighted by molar-refractivity contribution is 0.284. The molecule has 3 nitrogen and oxygen atoms in total. The van der Waals surface area contributed by atoms with Gasteiger partial charge < -0.3 is 15.2 Å². The summed E-state index contributed by atoms with van der Waals surface area (Å²) >= 11 is 0. The van der Waals surface area contributed by atoms with Crippen molar-refractivity contribution in [2.24, 2.45) is 5.73 Å². The fourth-order valence-electron chi connectivity index (χ4n) is 2.33. The molecule has 0 spiro atoms. The summed E-state index contributed by atoms with van der Waals surface area (Å²) in [4.78, 5) is 0. The third kappa shape index (κ3) is 6.85. The molecule has 120 valence electrons. The Morgan fingerprint density at radius 1 is 1.00 bits per heavy atom. The highest BCUT2D eigenvalue weighted by atomic mass is 16.5. The van der Waals surface area contributed by atoms with Crippen LogP contribution in [0.5, 0.6) is 11.5 Å². The molecule has 0 saturated carbocycles. The Balaban J connectivity index is 2.28. The Morgan fingerprint density at radius 2 is 1.67 bits per heavy atom. The van der Waals surface area contributed by atoms with Crippen molar-refractivity contribution < 1.29 is 9.47 Å². The second kappa shape index (κ2) is 10.5. The molecule has 0 amide bonds. The van der Waals surface area contributed by atoms with Crippen molar-refractivity contribution in [2.75, 3.05) is 13.7 Å². The van der Waals surface area contributed by atoms with Crippen LogP contribution in [0.4, 0.5) is 0 Å². The molecule has 0 saturated heterocycles. The predicted molar refractivity (Wildman–Crippen MR) is 89.1 cm³/mol. The van der Waals surface area contributed by atoms with E-state index in [1.165, 1.54) is 38.5 Å². The lowest BCUT2D eigenvalue weighted by Gasteiger charge is -2.13. The van der Waals surface area contributed by atoms with E-state index in [0.29, 0.717) is 0 Å². The zero-order valence-electron chi connectivity index (χ0n) is 13.9. The van der Waals surface area contributed by atoms with Gasteiger partial charge in [-0.25, -0.2) is 0 Å². The van der Waals surface area contributed by atoms with E-state index in [9.17, 15) is 0 Å². The number of hydrogen-bond donors (Lipinski definition) is 1. The van der Waals surface area contributed by atoms with E-state index in [1.54, 1.807) is 7.11 Å². The largest absolute Gasteiger partial charge is 0.493 e. The molecular formula is C18H31NO2. The molecule has 0 radical (unpaired) electrons. The van der Waals surface area contributed by atoms with Crippen LogP contribution in [-0.4, -0.2) is 13.7 Å². The van der Waals surface area contributed by atoms with Crippen LogP contribution in [0.25, 0.3) is 0 Å². The summed E-state index contributed by atoms with van der Waals surface area (Å²) in [6.07, 6.45) is 9.03. The Morgan fingerprint density at radius 3 is 2.29 bits per heavy atom. The molecular weight excluding hydrogens is 262 g/mol. The summed E-state index contributed by atoms with van der Waals surface area (Å²) in [5.74, 6) is 1.58. The fraction of sp³-hybridized carbons (Fsp3) is 0.667. The van der Waals surface area contributed by atoms with E-state index < -0.39 is 0 Å². The minimum atomic E-state index is 0.0103. The predicted octanol–water partition coefficient (Wildman–Crippen LogP) is 4.84. The molecule has 0 aliphatic rings. The highest BCUT2D eigenvalue weighted by Crippen LogP contribution is 2.30. The minimum absolute atomic E-state index is 0.0103. The molecule has 1 aromatic carbocycles. The molecule has 21 heavy (non-hydrogen) atoms. The number of hydrogen-bond acceptors (Lipinski definition) is 3. The van der Waals surface area contributed by atoms with Crippen molar-refractivity contribution in [3.63, 3.8) is 0 Å².